The standard InChI is InChI=1S/C24H21N3O4/c1-24(19-9-6-16(13-25)7-10-19)22(29)27(23(30)26-24)14-20(28)15-31-21-11-8-17-4-2-3-5-18(17)12-21/h2-12,20,28H,14-15H2,1H3,(H,26,30)/t20-,24-/m0/s1. The smallest absolute Gasteiger partial charge is 0.325 e. The average molecular weight is 415 g/mol. The molecule has 7 heteroatoms. The molecular formula is C24H21N3O4. The van der Waals surface area contributed by atoms with E-state index in [1.165, 1.54) is 0 Å². The molecule has 2 N–H and O–H groups in total. The third kappa shape index (κ3) is 3.93. The zero-order valence-corrected chi connectivity index (χ0v) is 16.9. The van der Waals surface area contributed by atoms with Gasteiger partial charge in [0, 0.05) is 0 Å². The summed E-state index contributed by atoms with van der Waals surface area (Å²) in [6, 6.07) is 21.4. The molecule has 31 heavy (non-hydrogen) atoms. The molecule has 3 amide bonds. The number of nitrogens with one attached hydrogen (secondary N) is 1. The van der Waals surface area contributed by atoms with Gasteiger partial charge >= 0.3 is 6.03 Å². The Labute approximate surface area is 179 Å². The van der Waals surface area contributed by atoms with Crippen molar-refractivity contribution in [2.24, 2.45) is 0 Å². The van der Waals surface area contributed by atoms with E-state index in [1.54, 1.807) is 31.2 Å². The summed E-state index contributed by atoms with van der Waals surface area (Å²) in [5.74, 6) is 0.129. The van der Waals surface area contributed by atoms with Crippen molar-refractivity contribution in [1.82, 2.24) is 10.2 Å². The van der Waals surface area contributed by atoms with Gasteiger partial charge in [-0.2, -0.15) is 5.26 Å². The van der Waals surface area contributed by atoms with Gasteiger partial charge in [-0.3, -0.25) is 9.69 Å². The molecule has 1 fully saturated rings. The number of aliphatic hydroxyl groups is 1. The molecule has 1 heterocycles. The first-order valence-electron chi connectivity index (χ1n) is 9.85. The van der Waals surface area contributed by atoms with Crippen molar-refractivity contribution in [3.63, 3.8) is 0 Å². The molecular weight excluding hydrogens is 394 g/mol. The zero-order chi connectivity index (χ0) is 22.0. The lowest BCUT2D eigenvalue weighted by atomic mass is 9.91. The lowest BCUT2D eigenvalue weighted by molar-refractivity contribution is -0.132. The van der Waals surface area contributed by atoms with Crippen LogP contribution in [0, 0.1) is 11.3 Å². The lowest BCUT2D eigenvalue weighted by Crippen LogP contribution is -2.42. The van der Waals surface area contributed by atoms with Crippen LogP contribution in [0.2, 0.25) is 0 Å². The minimum Gasteiger partial charge on any atom is -0.491 e. The molecule has 0 saturated carbocycles. The van der Waals surface area contributed by atoms with E-state index in [1.807, 2.05) is 48.5 Å². The van der Waals surface area contributed by atoms with E-state index in [0.29, 0.717) is 16.9 Å². The van der Waals surface area contributed by atoms with Crippen LogP contribution in [0.4, 0.5) is 4.79 Å². The Kier molecular flexibility index (Phi) is 5.32. The van der Waals surface area contributed by atoms with Crippen molar-refractivity contribution in [3.8, 4) is 11.8 Å². The molecule has 2 atom stereocenters. The molecule has 1 aliphatic rings. The van der Waals surface area contributed by atoms with Crippen molar-refractivity contribution >= 4 is 22.7 Å². The number of β-amino-alcohol motifs (C(OH)–C–C–N with tert-alkyl or cyclic N) is 1. The third-order valence-corrected chi connectivity index (χ3v) is 5.42. The minimum atomic E-state index is -1.26. The Morgan fingerprint density at radius 3 is 2.52 bits per heavy atom. The summed E-state index contributed by atoms with van der Waals surface area (Å²) in [7, 11) is 0. The van der Waals surface area contributed by atoms with E-state index in [9.17, 15) is 14.7 Å². The Hall–Kier alpha value is -3.89. The number of amides is 3. The van der Waals surface area contributed by atoms with Gasteiger partial charge in [0.05, 0.1) is 18.2 Å². The van der Waals surface area contributed by atoms with Crippen LogP contribution in [-0.2, 0) is 10.3 Å². The van der Waals surface area contributed by atoms with Crippen molar-refractivity contribution in [2.75, 3.05) is 13.2 Å². The van der Waals surface area contributed by atoms with E-state index < -0.39 is 23.6 Å². The molecule has 0 aliphatic carbocycles. The van der Waals surface area contributed by atoms with Crippen LogP contribution in [0.1, 0.15) is 18.1 Å². The highest BCUT2D eigenvalue weighted by Gasteiger charge is 2.49. The summed E-state index contributed by atoms with van der Waals surface area (Å²) in [5.41, 5.74) is -0.235. The summed E-state index contributed by atoms with van der Waals surface area (Å²) >= 11 is 0. The first-order chi connectivity index (χ1) is 14.9. The Bertz CT molecular complexity index is 1190. The number of aliphatic hydroxyl groups excluding tert-OH is 1. The molecule has 0 bridgehead atoms. The van der Waals surface area contributed by atoms with Crippen LogP contribution < -0.4 is 10.1 Å². The van der Waals surface area contributed by atoms with Crippen LogP contribution >= 0.6 is 0 Å². The van der Waals surface area contributed by atoms with Crippen LogP contribution in [0.25, 0.3) is 10.8 Å². The molecule has 156 valence electrons. The van der Waals surface area contributed by atoms with E-state index in [4.69, 9.17) is 10.00 Å². The van der Waals surface area contributed by atoms with E-state index in [-0.39, 0.29) is 13.2 Å². The third-order valence-electron chi connectivity index (χ3n) is 5.42. The predicted molar refractivity (Wildman–Crippen MR) is 114 cm³/mol. The molecule has 0 spiro atoms. The summed E-state index contributed by atoms with van der Waals surface area (Å²) in [5, 5.41) is 24.1. The molecule has 7 nitrogen and oxygen atoms in total. The van der Waals surface area contributed by atoms with Gasteiger partial charge in [0.25, 0.3) is 5.91 Å². The highest BCUT2D eigenvalue weighted by Crippen LogP contribution is 2.29. The number of rotatable bonds is 6. The number of benzene rings is 3. The fourth-order valence-corrected chi connectivity index (χ4v) is 3.65. The second-order valence-corrected chi connectivity index (χ2v) is 7.63. The quantitative estimate of drug-likeness (QED) is 0.603. The Balaban J connectivity index is 1.41. The number of fused-ring (bicyclic) bond motifs is 1. The number of carbonyl (C=O) groups excluding carboxylic acids is 2. The van der Waals surface area contributed by atoms with Crippen molar-refractivity contribution in [3.05, 3.63) is 77.9 Å². The number of imide groups is 1. The fourth-order valence-electron chi connectivity index (χ4n) is 3.65. The van der Waals surface area contributed by atoms with Gasteiger partial charge in [-0.1, -0.05) is 42.5 Å². The Morgan fingerprint density at radius 1 is 1.10 bits per heavy atom. The Morgan fingerprint density at radius 2 is 1.81 bits per heavy atom. The average Bonchev–Trinajstić information content (AvgIpc) is 3.01. The first-order valence-corrected chi connectivity index (χ1v) is 9.85. The molecule has 0 radical (unpaired) electrons. The van der Waals surface area contributed by atoms with Gasteiger partial charge in [-0.05, 0) is 47.5 Å². The lowest BCUT2D eigenvalue weighted by Gasteiger charge is -2.23. The number of nitriles is 1. The second-order valence-electron chi connectivity index (χ2n) is 7.63. The summed E-state index contributed by atoms with van der Waals surface area (Å²) < 4.78 is 5.67. The van der Waals surface area contributed by atoms with Gasteiger partial charge in [0.15, 0.2) is 0 Å². The van der Waals surface area contributed by atoms with E-state index in [0.717, 1.165) is 15.7 Å². The van der Waals surface area contributed by atoms with Crippen LogP contribution in [0.15, 0.2) is 66.7 Å². The molecule has 4 rings (SSSR count). The van der Waals surface area contributed by atoms with Crippen molar-refractivity contribution in [1.29, 1.82) is 5.26 Å². The maximum atomic E-state index is 13.0. The van der Waals surface area contributed by atoms with Gasteiger partial charge in [0.2, 0.25) is 0 Å². The number of hydrogen-bond donors (Lipinski definition) is 2. The maximum absolute atomic E-state index is 13.0. The molecule has 3 aromatic carbocycles. The summed E-state index contributed by atoms with van der Waals surface area (Å²) in [6.07, 6.45) is -1.05. The van der Waals surface area contributed by atoms with E-state index >= 15 is 0 Å². The fraction of sp³-hybridized carbons (Fsp3) is 0.208. The van der Waals surface area contributed by atoms with Crippen LogP contribution in [-0.4, -0.2) is 41.2 Å². The SMILES string of the molecule is C[C@@]1(c2ccc(C#N)cc2)NC(=O)N(C[C@H](O)COc2ccc3ccccc3c2)C1=O. The highest BCUT2D eigenvalue weighted by molar-refractivity contribution is 6.07. The first kappa shape index (κ1) is 20.4. The van der Waals surface area contributed by atoms with Crippen molar-refractivity contribution < 1.29 is 19.4 Å². The monoisotopic (exact) mass is 415 g/mol. The number of carbonyl (C=O) groups is 2. The topological polar surface area (TPSA) is 103 Å². The van der Waals surface area contributed by atoms with Crippen LogP contribution in [0.5, 0.6) is 5.75 Å². The van der Waals surface area contributed by atoms with Crippen LogP contribution in [0.3, 0.4) is 0 Å². The molecule has 0 unspecified atom stereocenters. The maximum Gasteiger partial charge on any atom is 0.325 e. The second kappa shape index (κ2) is 8.09. The van der Waals surface area contributed by atoms with Gasteiger partial charge in [-0.15, -0.1) is 0 Å². The highest BCUT2D eigenvalue weighted by atomic mass is 16.5. The summed E-state index contributed by atoms with van der Waals surface area (Å²) in [4.78, 5) is 26.4. The molecule has 0 aromatic heterocycles. The normalized spacial score (nSPS) is 19.2. The number of urea groups is 1. The minimum absolute atomic E-state index is 0.0665. The van der Waals surface area contributed by atoms with Gasteiger partial charge in [-0.25, -0.2) is 4.79 Å². The summed E-state index contributed by atoms with van der Waals surface area (Å²) in [6.45, 7) is 1.35. The number of hydrogen-bond acceptors (Lipinski definition) is 5. The van der Waals surface area contributed by atoms with Gasteiger partial charge in [0.1, 0.15) is 24.0 Å². The largest absolute Gasteiger partial charge is 0.491 e. The predicted octanol–water partition coefficient (Wildman–Crippen LogP) is 2.92. The number of nitrogens with zero attached hydrogens (tertiary/aromatic N) is 2. The van der Waals surface area contributed by atoms with Gasteiger partial charge < -0.3 is 15.2 Å². The van der Waals surface area contributed by atoms with E-state index in [2.05, 4.69) is 5.32 Å². The van der Waals surface area contributed by atoms with Crippen molar-refractivity contribution in [2.45, 2.75) is 18.6 Å². The molecule has 1 saturated heterocycles. The zero-order valence-electron chi connectivity index (χ0n) is 16.9. The molecule has 3 aromatic rings. The molecule has 1 aliphatic heterocycles. The number of ether oxygens (including phenoxy) is 1.